The Balaban J connectivity index is 2.32. The Hall–Kier alpha value is -1.59. The van der Waals surface area contributed by atoms with Crippen LogP contribution in [0.3, 0.4) is 0 Å². The molecule has 1 saturated heterocycles. The number of hydrogen-bond donors (Lipinski definition) is 2. The van der Waals surface area contributed by atoms with Gasteiger partial charge in [0.2, 0.25) is 0 Å². The molecule has 14 heavy (non-hydrogen) atoms. The zero-order valence-corrected chi connectivity index (χ0v) is 7.21. The third kappa shape index (κ3) is 0.997. The summed E-state index contributed by atoms with van der Waals surface area (Å²) in [6.45, 7) is 0. The highest BCUT2D eigenvalue weighted by Crippen LogP contribution is 2.40. The Kier molecular flexibility index (Phi) is 1.73. The standard InChI is InChI=1S/C8H9NO5/c10-5-2-3-1-4(5)6(7(11)12)9(3)8(13)14/h3-4,6H,1-2H2,(H,11,12)(H,13,14)/t3-,4+,6-/m0/s1. The predicted molar refractivity (Wildman–Crippen MR) is 42.8 cm³/mol. The Labute approximate surface area is 79.1 Å². The lowest BCUT2D eigenvalue weighted by Gasteiger charge is -2.29. The topological polar surface area (TPSA) is 94.9 Å². The van der Waals surface area contributed by atoms with Crippen LogP contribution in [-0.4, -0.2) is 45.0 Å². The zero-order chi connectivity index (χ0) is 10.5. The average Bonchev–Trinajstić information content (AvgIpc) is 2.58. The molecule has 2 rings (SSSR count). The third-order valence-corrected chi connectivity index (χ3v) is 2.92. The molecule has 1 heterocycles. The van der Waals surface area contributed by atoms with Crippen LogP contribution in [0.25, 0.3) is 0 Å². The van der Waals surface area contributed by atoms with Crippen molar-refractivity contribution in [3.8, 4) is 0 Å². The predicted octanol–water partition coefficient (Wildman–Crippen LogP) is -0.219. The van der Waals surface area contributed by atoms with Gasteiger partial charge in [-0.2, -0.15) is 0 Å². The maximum atomic E-state index is 11.2. The van der Waals surface area contributed by atoms with Crippen LogP contribution in [0.4, 0.5) is 4.79 Å². The second-order valence-corrected chi connectivity index (χ2v) is 3.64. The van der Waals surface area contributed by atoms with Gasteiger partial charge in [-0.1, -0.05) is 0 Å². The van der Waals surface area contributed by atoms with Gasteiger partial charge in [-0.3, -0.25) is 9.69 Å². The van der Waals surface area contributed by atoms with Crippen LogP contribution in [0.15, 0.2) is 0 Å². The van der Waals surface area contributed by atoms with E-state index in [1.54, 1.807) is 0 Å². The highest BCUT2D eigenvalue weighted by Gasteiger charge is 2.56. The van der Waals surface area contributed by atoms with Crippen LogP contribution < -0.4 is 0 Å². The second-order valence-electron chi connectivity index (χ2n) is 3.64. The molecule has 76 valence electrons. The van der Waals surface area contributed by atoms with E-state index in [4.69, 9.17) is 10.2 Å². The summed E-state index contributed by atoms with van der Waals surface area (Å²) in [6.07, 6.45) is -0.722. The summed E-state index contributed by atoms with van der Waals surface area (Å²) in [7, 11) is 0. The maximum absolute atomic E-state index is 11.2. The number of Topliss-reactive ketones (excluding diaryl/α,β-unsaturated/α-hetero) is 1. The van der Waals surface area contributed by atoms with Gasteiger partial charge in [-0.15, -0.1) is 0 Å². The number of hydrogen-bond acceptors (Lipinski definition) is 3. The van der Waals surface area contributed by atoms with Crippen LogP contribution >= 0.6 is 0 Å². The molecule has 2 bridgehead atoms. The molecule has 6 nitrogen and oxygen atoms in total. The lowest BCUT2D eigenvalue weighted by atomic mass is 9.98. The fourth-order valence-corrected chi connectivity index (χ4v) is 2.40. The van der Waals surface area contributed by atoms with Crippen molar-refractivity contribution < 1.29 is 24.6 Å². The Morgan fingerprint density at radius 1 is 1.36 bits per heavy atom. The molecule has 3 atom stereocenters. The molecule has 2 N–H and O–H groups in total. The number of nitrogens with zero attached hydrogens (tertiary/aromatic N) is 1. The minimum atomic E-state index is -1.25. The van der Waals surface area contributed by atoms with E-state index in [1.807, 2.05) is 0 Å². The van der Waals surface area contributed by atoms with Crippen molar-refractivity contribution in [1.82, 2.24) is 4.90 Å². The normalized spacial score (nSPS) is 35.0. The van der Waals surface area contributed by atoms with Crippen molar-refractivity contribution in [3.63, 3.8) is 0 Å². The van der Waals surface area contributed by atoms with E-state index in [0.717, 1.165) is 4.90 Å². The van der Waals surface area contributed by atoms with Crippen LogP contribution in [0, 0.1) is 5.92 Å². The molecular weight excluding hydrogens is 190 g/mol. The number of aliphatic carboxylic acids is 1. The minimum absolute atomic E-state index is 0.125. The molecule has 1 aliphatic carbocycles. The average molecular weight is 199 g/mol. The van der Waals surface area contributed by atoms with E-state index in [9.17, 15) is 14.4 Å². The van der Waals surface area contributed by atoms with Crippen LogP contribution in [0.5, 0.6) is 0 Å². The van der Waals surface area contributed by atoms with Crippen molar-refractivity contribution in [3.05, 3.63) is 0 Å². The molecule has 0 aromatic carbocycles. The number of fused-ring (bicyclic) bond motifs is 2. The Bertz CT molecular complexity index is 326. The van der Waals surface area contributed by atoms with E-state index < -0.39 is 30.1 Å². The minimum Gasteiger partial charge on any atom is -0.480 e. The van der Waals surface area contributed by atoms with Gasteiger partial charge >= 0.3 is 12.1 Å². The summed E-state index contributed by atoms with van der Waals surface area (Å²) >= 11 is 0. The van der Waals surface area contributed by atoms with Gasteiger partial charge < -0.3 is 10.2 Å². The molecule has 6 heteroatoms. The SMILES string of the molecule is O=C1C[C@@H]2C[C@H]1[C@@H](C(=O)O)N2C(=O)O. The largest absolute Gasteiger partial charge is 0.480 e. The first-order valence-electron chi connectivity index (χ1n) is 4.29. The molecule has 0 aromatic rings. The molecule has 1 saturated carbocycles. The van der Waals surface area contributed by atoms with E-state index >= 15 is 0 Å². The van der Waals surface area contributed by atoms with Crippen molar-refractivity contribution >= 4 is 17.8 Å². The number of carbonyl (C=O) groups excluding carboxylic acids is 1. The molecule has 0 radical (unpaired) electrons. The first kappa shape index (κ1) is 8.98. The highest BCUT2D eigenvalue weighted by atomic mass is 16.4. The number of carboxylic acids is 1. The molecule has 0 spiro atoms. The maximum Gasteiger partial charge on any atom is 0.408 e. The van der Waals surface area contributed by atoms with Crippen LogP contribution in [-0.2, 0) is 9.59 Å². The first-order valence-corrected chi connectivity index (χ1v) is 4.29. The lowest BCUT2D eigenvalue weighted by molar-refractivity contribution is -0.147. The Morgan fingerprint density at radius 3 is 2.50 bits per heavy atom. The third-order valence-electron chi connectivity index (χ3n) is 2.92. The van der Waals surface area contributed by atoms with Crippen LogP contribution in [0.1, 0.15) is 12.8 Å². The summed E-state index contributed by atoms with van der Waals surface area (Å²) < 4.78 is 0. The number of likely N-dealkylation sites (tertiary alicyclic amines) is 1. The number of amides is 1. The smallest absolute Gasteiger partial charge is 0.408 e. The molecular formula is C8H9NO5. The number of piperidine rings is 1. The summed E-state index contributed by atoms with van der Waals surface area (Å²) in [5.74, 6) is -1.98. The van der Waals surface area contributed by atoms with Crippen molar-refractivity contribution in [2.75, 3.05) is 0 Å². The first-order chi connectivity index (χ1) is 6.52. The zero-order valence-electron chi connectivity index (χ0n) is 7.21. The van der Waals surface area contributed by atoms with Crippen molar-refractivity contribution in [1.29, 1.82) is 0 Å². The summed E-state index contributed by atoms with van der Waals surface area (Å²) in [5.41, 5.74) is 0. The number of rotatable bonds is 1. The van der Waals surface area contributed by atoms with Gasteiger partial charge in [0.05, 0.1) is 5.92 Å². The van der Waals surface area contributed by atoms with Gasteiger partial charge in [0, 0.05) is 12.5 Å². The van der Waals surface area contributed by atoms with Crippen molar-refractivity contribution in [2.45, 2.75) is 24.9 Å². The monoisotopic (exact) mass is 199 g/mol. The van der Waals surface area contributed by atoms with Crippen molar-refractivity contribution in [2.24, 2.45) is 5.92 Å². The number of carbonyl (C=O) groups is 3. The van der Waals surface area contributed by atoms with Gasteiger partial charge in [-0.05, 0) is 6.42 Å². The fourth-order valence-electron chi connectivity index (χ4n) is 2.40. The molecule has 1 amide bonds. The molecule has 0 unspecified atom stereocenters. The number of carboxylic acid groups (broad SMARTS) is 2. The molecule has 2 aliphatic rings. The quantitative estimate of drug-likeness (QED) is 0.608. The van der Waals surface area contributed by atoms with Gasteiger partial charge in [0.25, 0.3) is 0 Å². The summed E-state index contributed by atoms with van der Waals surface area (Å²) in [5, 5.41) is 17.6. The van der Waals surface area contributed by atoms with Gasteiger partial charge in [0.15, 0.2) is 0 Å². The van der Waals surface area contributed by atoms with E-state index in [1.165, 1.54) is 0 Å². The highest BCUT2D eigenvalue weighted by molar-refractivity contribution is 5.94. The van der Waals surface area contributed by atoms with E-state index in [2.05, 4.69) is 0 Å². The second kappa shape index (κ2) is 2.70. The number of ketones is 1. The molecule has 1 aliphatic heterocycles. The molecule has 0 aromatic heterocycles. The van der Waals surface area contributed by atoms with Crippen LogP contribution in [0.2, 0.25) is 0 Å². The fraction of sp³-hybridized carbons (Fsp3) is 0.625. The van der Waals surface area contributed by atoms with E-state index in [0.29, 0.717) is 6.42 Å². The van der Waals surface area contributed by atoms with E-state index in [-0.39, 0.29) is 12.2 Å². The lowest BCUT2D eigenvalue weighted by Crippen LogP contribution is -2.50. The van der Waals surface area contributed by atoms with Gasteiger partial charge in [0.1, 0.15) is 11.8 Å². The summed E-state index contributed by atoms with van der Waals surface area (Å²) in [6, 6.07) is -1.59. The molecule has 2 fully saturated rings. The van der Waals surface area contributed by atoms with Gasteiger partial charge in [-0.25, -0.2) is 9.59 Å². The summed E-state index contributed by atoms with van der Waals surface area (Å²) in [4.78, 5) is 33.7. The Morgan fingerprint density at radius 2 is 2.00 bits per heavy atom.